The van der Waals surface area contributed by atoms with Gasteiger partial charge in [-0.05, 0) is 39.7 Å². The number of carbonyl (C=O) groups excluding carboxylic acids is 1. The first-order valence-electron chi connectivity index (χ1n) is 5.85. The van der Waals surface area contributed by atoms with Crippen LogP contribution in [-0.2, 0) is 12.8 Å². The zero-order valence-electron chi connectivity index (χ0n) is 9.91. The number of ether oxygens (including phenoxy) is 1. The van der Waals surface area contributed by atoms with Gasteiger partial charge in [-0.25, -0.2) is 0 Å². The molecule has 0 spiro atoms. The van der Waals surface area contributed by atoms with Gasteiger partial charge in [0.1, 0.15) is 5.75 Å². The lowest BCUT2D eigenvalue weighted by molar-refractivity contribution is 0.0990. The highest BCUT2D eigenvalue weighted by Gasteiger charge is 2.21. The van der Waals surface area contributed by atoms with Crippen molar-refractivity contribution in [2.45, 2.75) is 12.8 Å². The monoisotopic (exact) mass is 384 g/mol. The van der Waals surface area contributed by atoms with Crippen LogP contribution in [-0.4, -0.2) is 12.4 Å². The number of hydrogen-bond donors (Lipinski definition) is 0. The third kappa shape index (κ3) is 2.49. The highest BCUT2D eigenvalue weighted by molar-refractivity contribution is 9.10. The number of hydrogen-bond acceptors (Lipinski definition) is 3. The summed E-state index contributed by atoms with van der Waals surface area (Å²) in [6.45, 7) is 0.683. The minimum atomic E-state index is 0.0106. The standard InChI is InChI=1S/C14H10Br2O3/c15-10-5-8-1-3-18-13(8)9(6-10)7-12(17)11-2-4-19-14(11)16/h2,4-6H,1,3,7H2. The lowest BCUT2D eigenvalue weighted by atomic mass is 10.0. The van der Waals surface area contributed by atoms with E-state index < -0.39 is 0 Å². The van der Waals surface area contributed by atoms with E-state index in [1.807, 2.05) is 12.1 Å². The van der Waals surface area contributed by atoms with Crippen molar-refractivity contribution >= 4 is 37.6 Å². The quantitative estimate of drug-likeness (QED) is 0.744. The molecule has 0 saturated heterocycles. The van der Waals surface area contributed by atoms with Crippen molar-refractivity contribution in [1.82, 2.24) is 0 Å². The summed E-state index contributed by atoms with van der Waals surface area (Å²) < 4.78 is 12.2. The topological polar surface area (TPSA) is 39.4 Å². The lowest BCUT2D eigenvalue weighted by Gasteiger charge is -2.08. The van der Waals surface area contributed by atoms with Crippen LogP contribution >= 0.6 is 31.9 Å². The summed E-state index contributed by atoms with van der Waals surface area (Å²) in [5, 5.41) is 0. The summed E-state index contributed by atoms with van der Waals surface area (Å²) in [5.41, 5.74) is 2.63. The fourth-order valence-corrected chi connectivity index (χ4v) is 3.25. The van der Waals surface area contributed by atoms with Crippen LogP contribution in [0, 0.1) is 0 Å². The number of fused-ring (bicyclic) bond motifs is 1. The predicted molar refractivity (Wildman–Crippen MR) is 77.8 cm³/mol. The number of furan rings is 1. The van der Waals surface area contributed by atoms with E-state index in [-0.39, 0.29) is 5.78 Å². The van der Waals surface area contributed by atoms with Crippen LogP contribution in [0.5, 0.6) is 5.75 Å². The minimum absolute atomic E-state index is 0.0106. The Morgan fingerprint density at radius 3 is 2.89 bits per heavy atom. The van der Waals surface area contributed by atoms with Gasteiger partial charge in [0.25, 0.3) is 0 Å². The summed E-state index contributed by atoms with van der Waals surface area (Å²) in [6, 6.07) is 5.66. The Bertz CT molecular complexity index is 646. The molecule has 3 rings (SSSR count). The smallest absolute Gasteiger partial charge is 0.179 e. The maximum absolute atomic E-state index is 12.2. The van der Waals surface area contributed by atoms with Crippen LogP contribution < -0.4 is 4.74 Å². The summed E-state index contributed by atoms with van der Waals surface area (Å²) in [6.07, 6.45) is 2.70. The summed E-state index contributed by atoms with van der Waals surface area (Å²) >= 11 is 6.70. The summed E-state index contributed by atoms with van der Waals surface area (Å²) in [4.78, 5) is 12.2. The Labute approximate surface area is 127 Å². The number of ketones is 1. The van der Waals surface area contributed by atoms with E-state index in [4.69, 9.17) is 9.15 Å². The van der Waals surface area contributed by atoms with Crippen LogP contribution in [0.25, 0.3) is 0 Å². The molecule has 0 saturated carbocycles. The summed E-state index contributed by atoms with van der Waals surface area (Å²) in [7, 11) is 0. The van der Waals surface area contributed by atoms with Gasteiger partial charge in [-0.15, -0.1) is 0 Å². The first-order chi connectivity index (χ1) is 9.15. The number of rotatable bonds is 3. The normalized spacial score (nSPS) is 13.2. The van der Waals surface area contributed by atoms with E-state index >= 15 is 0 Å². The van der Waals surface area contributed by atoms with E-state index in [0.717, 1.165) is 27.8 Å². The molecule has 2 aromatic rings. The van der Waals surface area contributed by atoms with E-state index in [2.05, 4.69) is 31.9 Å². The Morgan fingerprint density at radius 2 is 2.16 bits per heavy atom. The molecule has 0 bridgehead atoms. The number of benzene rings is 1. The van der Waals surface area contributed by atoms with Crippen molar-refractivity contribution in [2.24, 2.45) is 0 Å². The zero-order valence-corrected chi connectivity index (χ0v) is 13.1. The molecule has 1 aromatic heterocycles. The number of halogens is 2. The second-order valence-electron chi connectivity index (χ2n) is 4.36. The average Bonchev–Trinajstić information content (AvgIpc) is 2.97. The molecule has 0 radical (unpaired) electrons. The van der Waals surface area contributed by atoms with Gasteiger partial charge in [0.15, 0.2) is 10.5 Å². The molecule has 2 heterocycles. The van der Waals surface area contributed by atoms with Crippen LogP contribution in [0.4, 0.5) is 0 Å². The second kappa shape index (κ2) is 5.13. The Hall–Kier alpha value is -1.07. The van der Waals surface area contributed by atoms with Crippen LogP contribution in [0.3, 0.4) is 0 Å². The van der Waals surface area contributed by atoms with Crippen LogP contribution in [0.15, 0.2) is 38.0 Å². The predicted octanol–water partition coefficient (Wildman–Crippen LogP) is 4.16. The summed E-state index contributed by atoms with van der Waals surface area (Å²) in [5.74, 6) is 0.868. The van der Waals surface area contributed by atoms with Crippen molar-refractivity contribution in [1.29, 1.82) is 0 Å². The van der Waals surface area contributed by atoms with E-state index in [1.54, 1.807) is 6.07 Å². The first-order valence-corrected chi connectivity index (χ1v) is 7.44. The molecule has 0 atom stereocenters. The molecule has 0 fully saturated rings. The number of Topliss-reactive ketones (excluding diaryl/α,β-unsaturated/α-hetero) is 1. The molecule has 0 unspecified atom stereocenters. The zero-order chi connectivity index (χ0) is 13.4. The Kier molecular flexibility index (Phi) is 3.50. The molecular weight excluding hydrogens is 376 g/mol. The number of carbonyl (C=O) groups is 1. The molecule has 98 valence electrons. The van der Waals surface area contributed by atoms with Crippen molar-refractivity contribution in [2.75, 3.05) is 6.61 Å². The fourth-order valence-electron chi connectivity index (χ4n) is 2.24. The third-order valence-electron chi connectivity index (χ3n) is 3.09. The fraction of sp³-hybridized carbons (Fsp3) is 0.214. The van der Waals surface area contributed by atoms with Gasteiger partial charge < -0.3 is 9.15 Å². The highest BCUT2D eigenvalue weighted by Crippen LogP contribution is 2.34. The lowest BCUT2D eigenvalue weighted by Crippen LogP contribution is -2.04. The molecular formula is C14H10Br2O3. The minimum Gasteiger partial charge on any atom is -0.493 e. The van der Waals surface area contributed by atoms with Gasteiger partial charge >= 0.3 is 0 Å². The second-order valence-corrected chi connectivity index (χ2v) is 6.00. The van der Waals surface area contributed by atoms with Crippen molar-refractivity contribution in [3.05, 3.63) is 50.3 Å². The van der Waals surface area contributed by atoms with E-state index in [1.165, 1.54) is 6.26 Å². The first kappa shape index (κ1) is 12.9. The SMILES string of the molecule is O=C(Cc1cc(Br)cc2c1OCC2)c1ccoc1Br. The average molecular weight is 386 g/mol. The third-order valence-corrected chi connectivity index (χ3v) is 4.17. The molecule has 0 amide bonds. The molecule has 0 aliphatic carbocycles. The van der Waals surface area contributed by atoms with Gasteiger partial charge in [0, 0.05) is 22.9 Å². The van der Waals surface area contributed by atoms with Crippen LogP contribution in [0.1, 0.15) is 21.5 Å². The van der Waals surface area contributed by atoms with E-state index in [9.17, 15) is 4.79 Å². The van der Waals surface area contributed by atoms with E-state index in [0.29, 0.717) is 23.3 Å². The molecule has 1 aliphatic rings. The maximum Gasteiger partial charge on any atom is 0.179 e. The Morgan fingerprint density at radius 1 is 1.32 bits per heavy atom. The Balaban J connectivity index is 1.92. The maximum atomic E-state index is 12.2. The van der Waals surface area contributed by atoms with Gasteiger partial charge in [0.2, 0.25) is 0 Å². The van der Waals surface area contributed by atoms with Crippen LogP contribution in [0.2, 0.25) is 0 Å². The highest BCUT2D eigenvalue weighted by atomic mass is 79.9. The molecule has 5 heteroatoms. The molecule has 1 aromatic carbocycles. The van der Waals surface area contributed by atoms with Crippen molar-refractivity contribution in [3.63, 3.8) is 0 Å². The van der Waals surface area contributed by atoms with Gasteiger partial charge in [-0.1, -0.05) is 15.9 Å². The molecule has 3 nitrogen and oxygen atoms in total. The van der Waals surface area contributed by atoms with Crippen molar-refractivity contribution in [3.8, 4) is 5.75 Å². The van der Waals surface area contributed by atoms with Crippen molar-refractivity contribution < 1.29 is 13.9 Å². The molecule has 19 heavy (non-hydrogen) atoms. The van der Waals surface area contributed by atoms with Gasteiger partial charge in [0.05, 0.1) is 18.4 Å². The molecule has 1 aliphatic heterocycles. The molecule has 0 N–H and O–H groups in total. The largest absolute Gasteiger partial charge is 0.493 e. The van der Waals surface area contributed by atoms with Gasteiger partial charge in [-0.3, -0.25) is 4.79 Å². The van der Waals surface area contributed by atoms with Gasteiger partial charge in [-0.2, -0.15) is 0 Å².